The summed E-state index contributed by atoms with van der Waals surface area (Å²) in [5.74, 6) is -0.959. The van der Waals surface area contributed by atoms with E-state index in [1.165, 1.54) is 11.3 Å². The van der Waals surface area contributed by atoms with Gasteiger partial charge in [-0.1, -0.05) is 24.4 Å². The van der Waals surface area contributed by atoms with Gasteiger partial charge in [0.2, 0.25) is 0 Å². The first-order valence-corrected chi connectivity index (χ1v) is 7.25. The summed E-state index contributed by atoms with van der Waals surface area (Å²) >= 11 is 7.17. The lowest BCUT2D eigenvalue weighted by Gasteiger charge is -2.25. The fourth-order valence-electron chi connectivity index (χ4n) is 2.25. The summed E-state index contributed by atoms with van der Waals surface area (Å²) in [4.78, 5) is 24.0. The SMILES string of the molecule is O=C(NCc1ccc(Cl)s1)NC1(C(=O)O)CCCC1. The third kappa shape index (κ3) is 3.39. The van der Waals surface area contributed by atoms with Gasteiger partial charge in [0.1, 0.15) is 5.54 Å². The smallest absolute Gasteiger partial charge is 0.329 e. The molecule has 1 aliphatic carbocycles. The molecule has 7 heteroatoms. The molecule has 0 aromatic carbocycles. The van der Waals surface area contributed by atoms with Crippen molar-refractivity contribution in [2.45, 2.75) is 37.8 Å². The fourth-order valence-corrected chi connectivity index (χ4v) is 3.27. The van der Waals surface area contributed by atoms with Crippen LogP contribution in [-0.4, -0.2) is 22.6 Å². The number of carbonyl (C=O) groups is 2. The Hall–Kier alpha value is -1.27. The van der Waals surface area contributed by atoms with E-state index >= 15 is 0 Å². The van der Waals surface area contributed by atoms with Crippen LogP contribution in [-0.2, 0) is 11.3 Å². The van der Waals surface area contributed by atoms with Crippen LogP contribution in [0.4, 0.5) is 4.79 Å². The average Bonchev–Trinajstić information content (AvgIpc) is 2.97. The maximum absolute atomic E-state index is 11.8. The Balaban J connectivity index is 1.88. The van der Waals surface area contributed by atoms with Gasteiger partial charge in [-0.25, -0.2) is 9.59 Å². The van der Waals surface area contributed by atoms with Crippen LogP contribution in [0, 0.1) is 0 Å². The summed E-state index contributed by atoms with van der Waals surface area (Å²) in [6.07, 6.45) is 2.63. The Bertz CT molecular complexity index is 483. The lowest BCUT2D eigenvalue weighted by molar-refractivity contribution is -0.144. The van der Waals surface area contributed by atoms with Crippen LogP contribution in [0.2, 0.25) is 4.34 Å². The molecule has 0 aliphatic heterocycles. The summed E-state index contributed by atoms with van der Waals surface area (Å²) in [5.41, 5.74) is -1.10. The first-order valence-electron chi connectivity index (χ1n) is 6.05. The second-order valence-electron chi connectivity index (χ2n) is 4.61. The van der Waals surface area contributed by atoms with Crippen molar-refractivity contribution in [2.24, 2.45) is 0 Å². The van der Waals surface area contributed by atoms with Crippen LogP contribution >= 0.6 is 22.9 Å². The highest BCUT2D eigenvalue weighted by Crippen LogP contribution is 2.29. The molecule has 5 nitrogen and oxygen atoms in total. The van der Waals surface area contributed by atoms with Crippen molar-refractivity contribution in [2.75, 3.05) is 0 Å². The van der Waals surface area contributed by atoms with Gasteiger partial charge in [-0.3, -0.25) is 0 Å². The first-order chi connectivity index (χ1) is 9.02. The third-order valence-electron chi connectivity index (χ3n) is 3.27. The molecule has 104 valence electrons. The molecule has 0 bridgehead atoms. The maximum Gasteiger partial charge on any atom is 0.329 e. The quantitative estimate of drug-likeness (QED) is 0.800. The molecule has 0 radical (unpaired) electrons. The molecule has 0 saturated heterocycles. The monoisotopic (exact) mass is 302 g/mol. The Kier molecular flexibility index (Phi) is 4.31. The van der Waals surface area contributed by atoms with Crippen LogP contribution in [0.1, 0.15) is 30.6 Å². The van der Waals surface area contributed by atoms with E-state index in [1.807, 2.05) is 6.07 Å². The largest absolute Gasteiger partial charge is 0.480 e. The van der Waals surface area contributed by atoms with Crippen molar-refractivity contribution < 1.29 is 14.7 Å². The van der Waals surface area contributed by atoms with Gasteiger partial charge in [0.15, 0.2) is 0 Å². The molecule has 1 fully saturated rings. The Labute approximate surface area is 120 Å². The van der Waals surface area contributed by atoms with Crippen LogP contribution in [0.25, 0.3) is 0 Å². The molecule has 2 rings (SSSR count). The summed E-state index contributed by atoms with van der Waals surface area (Å²) in [6, 6.07) is 3.14. The van der Waals surface area contributed by atoms with E-state index < -0.39 is 17.5 Å². The summed E-state index contributed by atoms with van der Waals surface area (Å²) in [5, 5.41) is 14.5. The number of aliphatic carboxylic acids is 1. The summed E-state index contributed by atoms with van der Waals surface area (Å²) < 4.78 is 0.662. The minimum atomic E-state index is -1.10. The molecule has 0 spiro atoms. The molecule has 0 atom stereocenters. The van der Waals surface area contributed by atoms with E-state index in [0.29, 0.717) is 23.7 Å². The fraction of sp³-hybridized carbons (Fsp3) is 0.500. The van der Waals surface area contributed by atoms with Crippen LogP contribution in [0.3, 0.4) is 0 Å². The molecule has 1 aromatic rings. The Morgan fingerprint density at radius 1 is 1.37 bits per heavy atom. The van der Waals surface area contributed by atoms with Gasteiger partial charge in [-0.05, 0) is 25.0 Å². The number of halogens is 1. The number of carboxylic acid groups (broad SMARTS) is 1. The normalized spacial score (nSPS) is 17.1. The van der Waals surface area contributed by atoms with Gasteiger partial charge in [0.25, 0.3) is 0 Å². The van der Waals surface area contributed by atoms with Gasteiger partial charge in [0, 0.05) is 4.88 Å². The average molecular weight is 303 g/mol. The maximum atomic E-state index is 11.8. The number of hydrogen-bond donors (Lipinski definition) is 3. The molecular weight excluding hydrogens is 288 g/mol. The van der Waals surface area contributed by atoms with Gasteiger partial charge < -0.3 is 15.7 Å². The standard InChI is InChI=1S/C12H15ClN2O3S/c13-9-4-3-8(19-9)7-14-11(18)15-12(10(16)17)5-1-2-6-12/h3-4H,1-2,5-7H2,(H,16,17)(H2,14,15,18). The van der Waals surface area contributed by atoms with Crippen molar-refractivity contribution >= 4 is 34.9 Å². The zero-order valence-corrected chi connectivity index (χ0v) is 11.8. The minimum Gasteiger partial charge on any atom is -0.480 e. The van der Waals surface area contributed by atoms with E-state index in [4.69, 9.17) is 11.6 Å². The van der Waals surface area contributed by atoms with E-state index in [0.717, 1.165) is 17.7 Å². The van der Waals surface area contributed by atoms with E-state index in [9.17, 15) is 14.7 Å². The highest BCUT2D eigenvalue weighted by atomic mass is 35.5. The number of hydrogen-bond acceptors (Lipinski definition) is 3. The van der Waals surface area contributed by atoms with Gasteiger partial charge in [0.05, 0.1) is 10.9 Å². The number of thiophene rings is 1. The van der Waals surface area contributed by atoms with Crippen LogP contribution < -0.4 is 10.6 Å². The van der Waals surface area contributed by atoms with Crippen LogP contribution in [0.15, 0.2) is 12.1 Å². The number of amides is 2. The van der Waals surface area contributed by atoms with Gasteiger partial charge in [-0.2, -0.15) is 0 Å². The zero-order chi connectivity index (χ0) is 13.9. The number of urea groups is 1. The number of nitrogens with one attached hydrogen (secondary N) is 2. The molecule has 1 heterocycles. The highest BCUT2D eigenvalue weighted by molar-refractivity contribution is 7.16. The van der Waals surface area contributed by atoms with Crippen molar-refractivity contribution in [3.8, 4) is 0 Å². The molecule has 0 unspecified atom stereocenters. The minimum absolute atomic E-state index is 0.346. The summed E-state index contributed by atoms with van der Waals surface area (Å²) in [6.45, 7) is 0.346. The molecule has 3 N–H and O–H groups in total. The number of carbonyl (C=O) groups excluding carboxylic acids is 1. The van der Waals surface area contributed by atoms with Gasteiger partial charge in [-0.15, -0.1) is 11.3 Å². The number of rotatable bonds is 4. The molecule has 1 aliphatic rings. The van der Waals surface area contributed by atoms with Crippen molar-refractivity contribution in [3.63, 3.8) is 0 Å². The zero-order valence-electron chi connectivity index (χ0n) is 10.2. The topological polar surface area (TPSA) is 78.4 Å². The molecule has 1 aromatic heterocycles. The molecule has 2 amide bonds. The Morgan fingerprint density at radius 3 is 2.58 bits per heavy atom. The predicted molar refractivity (Wildman–Crippen MR) is 73.5 cm³/mol. The second-order valence-corrected chi connectivity index (χ2v) is 6.41. The predicted octanol–water partition coefficient (Wildman–Crippen LogP) is 2.60. The van der Waals surface area contributed by atoms with Gasteiger partial charge >= 0.3 is 12.0 Å². The van der Waals surface area contributed by atoms with Crippen molar-refractivity contribution in [1.82, 2.24) is 10.6 Å². The van der Waals surface area contributed by atoms with E-state index in [-0.39, 0.29) is 0 Å². The first kappa shape index (κ1) is 14.1. The highest BCUT2D eigenvalue weighted by Gasteiger charge is 2.42. The second kappa shape index (κ2) is 5.79. The lowest BCUT2D eigenvalue weighted by atomic mass is 9.98. The van der Waals surface area contributed by atoms with Crippen molar-refractivity contribution in [1.29, 1.82) is 0 Å². The number of carboxylic acids is 1. The van der Waals surface area contributed by atoms with Crippen LogP contribution in [0.5, 0.6) is 0 Å². The third-order valence-corrected chi connectivity index (χ3v) is 4.50. The van der Waals surface area contributed by atoms with E-state index in [1.54, 1.807) is 6.07 Å². The lowest BCUT2D eigenvalue weighted by Crippen LogP contribution is -2.55. The molecule has 1 saturated carbocycles. The Morgan fingerprint density at radius 2 is 2.05 bits per heavy atom. The van der Waals surface area contributed by atoms with Crippen molar-refractivity contribution in [3.05, 3.63) is 21.3 Å². The molecular formula is C12H15ClN2O3S. The van der Waals surface area contributed by atoms with E-state index in [2.05, 4.69) is 10.6 Å². The summed E-state index contributed by atoms with van der Waals surface area (Å²) in [7, 11) is 0. The molecule has 19 heavy (non-hydrogen) atoms.